The van der Waals surface area contributed by atoms with Crippen LogP contribution in [0, 0.1) is 0 Å². The minimum atomic E-state index is -1.06. The number of amides is 1. The predicted molar refractivity (Wildman–Crippen MR) is 101 cm³/mol. The van der Waals surface area contributed by atoms with E-state index < -0.39 is 12.0 Å². The van der Waals surface area contributed by atoms with Gasteiger partial charge in [0.1, 0.15) is 11.8 Å². The van der Waals surface area contributed by atoms with Crippen LogP contribution in [0.3, 0.4) is 0 Å². The lowest BCUT2D eigenvalue weighted by molar-refractivity contribution is -0.141. The summed E-state index contributed by atoms with van der Waals surface area (Å²) < 4.78 is 5.22. The average Bonchev–Trinajstić information content (AvgIpc) is 2.62. The van der Waals surface area contributed by atoms with Crippen LogP contribution in [0.5, 0.6) is 5.75 Å². The number of benzene rings is 2. The highest BCUT2D eigenvalue weighted by Gasteiger charge is 2.20. The fourth-order valence-electron chi connectivity index (χ4n) is 2.45. The normalized spacial score (nSPS) is 11.5. The lowest BCUT2D eigenvalue weighted by atomic mass is 10.1. The Balaban J connectivity index is 1.87. The first-order valence-electron chi connectivity index (χ1n) is 8.13. The Bertz CT molecular complexity index is 752. The van der Waals surface area contributed by atoms with Crippen LogP contribution in [-0.2, 0) is 16.0 Å². The van der Waals surface area contributed by atoms with Gasteiger partial charge in [0.25, 0.3) is 0 Å². The number of nitrogens with one attached hydrogen (secondary N) is 2. The fraction of sp³-hybridized carbons (Fsp3) is 0.263. The summed E-state index contributed by atoms with van der Waals surface area (Å²) in [6, 6.07) is 13.3. The van der Waals surface area contributed by atoms with Gasteiger partial charge in [0.05, 0.1) is 12.8 Å². The molecule has 0 aliphatic carbocycles. The van der Waals surface area contributed by atoms with Gasteiger partial charge in [0.15, 0.2) is 0 Å². The molecule has 2 aromatic rings. The van der Waals surface area contributed by atoms with E-state index in [2.05, 4.69) is 10.6 Å². The molecule has 0 aliphatic heterocycles. The molecule has 3 N–H and O–H groups in total. The van der Waals surface area contributed by atoms with E-state index in [0.29, 0.717) is 23.0 Å². The maximum absolute atomic E-state index is 12.1. The number of carbonyl (C=O) groups is 2. The maximum Gasteiger partial charge on any atom is 0.326 e. The maximum atomic E-state index is 12.1. The Morgan fingerprint density at radius 2 is 1.92 bits per heavy atom. The van der Waals surface area contributed by atoms with Gasteiger partial charge in [0.2, 0.25) is 5.91 Å². The SMILES string of the molecule is COc1ccc(Cl)cc1NCCC(=O)NC(Cc1ccccc1)C(=O)O. The molecule has 0 saturated heterocycles. The Kier molecular flexibility index (Phi) is 7.29. The number of ether oxygens (including phenoxy) is 1. The molecule has 1 atom stereocenters. The summed E-state index contributed by atoms with van der Waals surface area (Å²) in [4.78, 5) is 23.5. The molecule has 1 amide bonds. The highest BCUT2D eigenvalue weighted by Crippen LogP contribution is 2.27. The van der Waals surface area contributed by atoms with E-state index in [9.17, 15) is 14.7 Å². The predicted octanol–water partition coefficient (Wildman–Crippen LogP) is 2.96. The summed E-state index contributed by atoms with van der Waals surface area (Å²) in [5, 5.41) is 15.5. The van der Waals surface area contributed by atoms with Crippen LogP contribution in [0.25, 0.3) is 0 Å². The summed E-state index contributed by atoms with van der Waals surface area (Å²) >= 11 is 5.96. The summed E-state index contributed by atoms with van der Waals surface area (Å²) in [5.74, 6) is -0.796. The molecule has 0 aliphatic rings. The number of carboxylic acid groups (broad SMARTS) is 1. The van der Waals surface area contributed by atoms with E-state index >= 15 is 0 Å². The number of aliphatic carboxylic acids is 1. The first kappa shape index (κ1) is 19.6. The molecule has 0 bridgehead atoms. The van der Waals surface area contributed by atoms with Gasteiger partial charge in [-0.15, -0.1) is 0 Å². The van der Waals surface area contributed by atoms with Crippen molar-refractivity contribution in [3.8, 4) is 5.75 Å². The lowest BCUT2D eigenvalue weighted by Gasteiger charge is -2.15. The van der Waals surface area contributed by atoms with E-state index in [-0.39, 0.29) is 18.7 Å². The largest absolute Gasteiger partial charge is 0.495 e. The smallest absolute Gasteiger partial charge is 0.326 e. The number of hydrogen-bond acceptors (Lipinski definition) is 4. The number of anilines is 1. The zero-order chi connectivity index (χ0) is 18.9. The van der Waals surface area contributed by atoms with Crippen molar-refractivity contribution in [2.75, 3.05) is 19.0 Å². The summed E-state index contributed by atoms with van der Waals surface area (Å²) in [7, 11) is 1.54. The minimum Gasteiger partial charge on any atom is -0.495 e. The Morgan fingerprint density at radius 3 is 2.58 bits per heavy atom. The van der Waals surface area contributed by atoms with Gasteiger partial charge >= 0.3 is 5.97 Å². The van der Waals surface area contributed by atoms with E-state index in [1.54, 1.807) is 25.3 Å². The molecule has 0 heterocycles. The van der Waals surface area contributed by atoms with E-state index in [0.717, 1.165) is 5.56 Å². The number of halogens is 1. The quantitative estimate of drug-likeness (QED) is 0.626. The molecular weight excluding hydrogens is 356 g/mol. The van der Waals surface area contributed by atoms with Crippen molar-refractivity contribution >= 4 is 29.2 Å². The van der Waals surface area contributed by atoms with Crippen LogP contribution in [0.1, 0.15) is 12.0 Å². The van der Waals surface area contributed by atoms with Gasteiger partial charge in [-0.2, -0.15) is 0 Å². The molecule has 6 nitrogen and oxygen atoms in total. The molecule has 138 valence electrons. The van der Waals surface area contributed by atoms with Crippen molar-refractivity contribution in [2.45, 2.75) is 18.9 Å². The van der Waals surface area contributed by atoms with E-state index in [1.165, 1.54) is 0 Å². The van der Waals surface area contributed by atoms with Crippen LogP contribution in [0.4, 0.5) is 5.69 Å². The Morgan fingerprint density at radius 1 is 1.19 bits per heavy atom. The zero-order valence-electron chi connectivity index (χ0n) is 14.4. The molecule has 1 unspecified atom stereocenters. The summed E-state index contributed by atoms with van der Waals surface area (Å²) in [5.41, 5.74) is 1.52. The zero-order valence-corrected chi connectivity index (χ0v) is 15.1. The summed E-state index contributed by atoms with van der Waals surface area (Å²) in [6.07, 6.45) is 0.353. The Hall–Kier alpha value is -2.73. The van der Waals surface area contributed by atoms with E-state index in [1.807, 2.05) is 30.3 Å². The standard InChI is InChI=1S/C19H21ClN2O4/c1-26-17-8-7-14(20)12-15(17)21-10-9-18(23)22-16(19(24)25)11-13-5-3-2-4-6-13/h2-8,12,16,21H,9-11H2,1H3,(H,22,23)(H,24,25). The number of carbonyl (C=O) groups excluding carboxylic acids is 1. The third kappa shape index (κ3) is 5.97. The van der Waals surface area contributed by atoms with Crippen molar-refractivity contribution in [1.29, 1.82) is 0 Å². The van der Waals surface area contributed by atoms with Crippen LogP contribution < -0.4 is 15.4 Å². The Labute approximate surface area is 157 Å². The second kappa shape index (κ2) is 9.68. The van der Waals surface area contributed by atoms with Gasteiger partial charge in [-0.25, -0.2) is 4.79 Å². The van der Waals surface area contributed by atoms with Gasteiger partial charge in [-0.3, -0.25) is 4.79 Å². The van der Waals surface area contributed by atoms with Gasteiger partial charge in [-0.1, -0.05) is 41.9 Å². The highest BCUT2D eigenvalue weighted by molar-refractivity contribution is 6.30. The first-order valence-corrected chi connectivity index (χ1v) is 8.51. The van der Waals surface area contributed by atoms with Crippen LogP contribution in [0.2, 0.25) is 5.02 Å². The topological polar surface area (TPSA) is 87.7 Å². The summed E-state index contributed by atoms with van der Waals surface area (Å²) in [6.45, 7) is 0.320. The van der Waals surface area contributed by atoms with E-state index in [4.69, 9.17) is 16.3 Å². The van der Waals surface area contributed by atoms with Gasteiger partial charge in [-0.05, 0) is 23.8 Å². The van der Waals surface area contributed by atoms with Crippen molar-refractivity contribution in [3.05, 3.63) is 59.1 Å². The highest BCUT2D eigenvalue weighted by atomic mass is 35.5. The van der Waals surface area contributed by atoms with Crippen molar-refractivity contribution in [1.82, 2.24) is 5.32 Å². The number of rotatable bonds is 9. The number of methoxy groups -OCH3 is 1. The molecule has 0 radical (unpaired) electrons. The van der Waals surface area contributed by atoms with Crippen LogP contribution >= 0.6 is 11.6 Å². The molecule has 2 aromatic carbocycles. The van der Waals surface area contributed by atoms with Crippen molar-refractivity contribution < 1.29 is 19.4 Å². The first-order chi connectivity index (χ1) is 12.5. The molecule has 26 heavy (non-hydrogen) atoms. The molecule has 0 aromatic heterocycles. The van der Waals surface area contributed by atoms with Crippen LogP contribution in [-0.4, -0.2) is 36.7 Å². The monoisotopic (exact) mass is 376 g/mol. The second-order valence-corrected chi connectivity index (χ2v) is 6.11. The minimum absolute atomic E-state index is 0.119. The molecule has 0 spiro atoms. The van der Waals surface area contributed by atoms with Gasteiger partial charge in [0, 0.05) is 24.4 Å². The lowest BCUT2D eigenvalue weighted by Crippen LogP contribution is -2.42. The molecule has 7 heteroatoms. The molecule has 0 saturated carbocycles. The molecule has 0 fully saturated rings. The third-order valence-corrected chi connectivity index (χ3v) is 3.98. The molecule has 2 rings (SSSR count). The second-order valence-electron chi connectivity index (χ2n) is 5.67. The van der Waals surface area contributed by atoms with Crippen molar-refractivity contribution in [2.24, 2.45) is 0 Å². The average molecular weight is 377 g/mol. The van der Waals surface area contributed by atoms with Crippen molar-refractivity contribution in [3.63, 3.8) is 0 Å². The third-order valence-electron chi connectivity index (χ3n) is 3.75. The molecular formula is C19H21ClN2O4. The fourth-order valence-corrected chi connectivity index (χ4v) is 2.62. The number of carboxylic acids is 1. The number of hydrogen-bond donors (Lipinski definition) is 3. The van der Waals surface area contributed by atoms with Gasteiger partial charge < -0.3 is 20.5 Å². The van der Waals surface area contributed by atoms with Crippen LogP contribution in [0.15, 0.2) is 48.5 Å².